The van der Waals surface area contributed by atoms with Gasteiger partial charge < -0.3 is 4.18 Å². The van der Waals surface area contributed by atoms with Crippen molar-refractivity contribution in [3.05, 3.63) is 41.7 Å². The van der Waals surface area contributed by atoms with E-state index in [2.05, 4.69) is 4.18 Å². The molecule has 0 N–H and O–H groups in total. The van der Waals surface area contributed by atoms with Crippen LogP contribution in [0.1, 0.15) is 32.3 Å². The highest BCUT2D eigenvalue weighted by molar-refractivity contribution is 7.87. The van der Waals surface area contributed by atoms with Crippen molar-refractivity contribution >= 4 is 15.7 Å². The zero-order valence-electron chi connectivity index (χ0n) is 11.1. The Morgan fingerprint density at radius 1 is 1.10 bits per heavy atom. The maximum Gasteiger partial charge on any atom is 0.534 e. The van der Waals surface area contributed by atoms with Gasteiger partial charge in [0, 0.05) is 6.42 Å². The number of rotatable bonds is 5. The Morgan fingerprint density at radius 2 is 1.65 bits per heavy atom. The molecule has 0 atom stereocenters. The first-order chi connectivity index (χ1) is 9.23. The summed E-state index contributed by atoms with van der Waals surface area (Å²) in [4.78, 5) is 0. The Morgan fingerprint density at radius 3 is 2.05 bits per heavy atom. The third-order valence-electron chi connectivity index (χ3n) is 2.63. The highest BCUT2D eigenvalue weighted by atomic mass is 32.2. The Kier molecular flexibility index (Phi) is 5.21. The number of alkyl halides is 3. The summed E-state index contributed by atoms with van der Waals surface area (Å²) < 4.78 is 63.6. The van der Waals surface area contributed by atoms with Crippen molar-refractivity contribution in [3.8, 4) is 0 Å². The molecule has 1 aromatic carbocycles. The Balaban J connectivity index is 3.26. The van der Waals surface area contributed by atoms with Crippen LogP contribution < -0.4 is 0 Å². The van der Waals surface area contributed by atoms with E-state index in [0.29, 0.717) is 17.6 Å². The van der Waals surface area contributed by atoms with Gasteiger partial charge in [-0.15, -0.1) is 0 Å². The Bertz CT molecular complexity index is 575. The highest BCUT2D eigenvalue weighted by Gasteiger charge is 2.48. The molecule has 3 nitrogen and oxygen atoms in total. The minimum atomic E-state index is -5.63. The first kappa shape index (κ1) is 16.6. The summed E-state index contributed by atoms with van der Waals surface area (Å²) >= 11 is 0. The quantitative estimate of drug-likeness (QED) is 0.467. The number of allylic oxidation sites excluding steroid dienone is 2. The molecule has 0 aliphatic carbocycles. The molecule has 0 bridgehead atoms. The molecule has 0 radical (unpaired) electrons. The maximum atomic E-state index is 12.4. The molecule has 0 saturated carbocycles. The SMILES string of the molecule is CC/C(OS(=O)(=O)C(F)(F)F)=C(\CC)c1ccccc1. The smallest absolute Gasteiger partial charge is 0.380 e. The normalized spacial score (nSPS) is 13.8. The minimum absolute atomic E-state index is 0.0490. The zero-order valence-corrected chi connectivity index (χ0v) is 11.9. The van der Waals surface area contributed by atoms with Gasteiger partial charge in [0.1, 0.15) is 5.76 Å². The van der Waals surface area contributed by atoms with Gasteiger partial charge in [-0.05, 0) is 17.6 Å². The van der Waals surface area contributed by atoms with E-state index in [4.69, 9.17) is 0 Å². The highest BCUT2D eigenvalue weighted by Crippen LogP contribution is 2.31. The number of hydrogen-bond acceptors (Lipinski definition) is 3. The number of benzene rings is 1. The second kappa shape index (κ2) is 6.30. The van der Waals surface area contributed by atoms with E-state index in [1.54, 1.807) is 44.2 Å². The topological polar surface area (TPSA) is 43.4 Å². The lowest BCUT2D eigenvalue weighted by Gasteiger charge is -2.15. The first-order valence-corrected chi connectivity index (χ1v) is 7.42. The molecule has 0 aliphatic heterocycles. The summed E-state index contributed by atoms with van der Waals surface area (Å²) in [5.41, 5.74) is -4.34. The standard InChI is InChI=1S/C13H15F3O3S/c1-3-11(10-8-6-5-7-9-10)12(4-2)19-20(17,18)13(14,15)16/h5-9H,3-4H2,1-2H3/b12-11-. The van der Waals surface area contributed by atoms with Gasteiger partial charge in [0.15, 0.2) is 0 Å². The minimum Gasteiger partial charge on any atom is -0.380 e. The van der Waals surface area contributed by atoms with Gasteiger partial charge in [-0.2, -0.15) is 21.6 Å². The van der Waals surface area contributed by atoms with E-state index in [-0.39, 0.29) is 12.2 Å². The van der Waals surface area contributed by atoms with E-state index in [1.807, 2.05) is 0 Å². The third kappa shape index (κ3) is 3.75. The number of halogens is 3. The largest absolute Gasteiger partial charge is 0.534 e. The number of hydrogen-bond donors (Lipinski definition) is 0. The first-order valence-electron chi connectivity index (χ1n) is 6.01. The molecule has 0 unspecified atom stereocenters. The van der Waals surface area contributed by atoms with E-state index >= 15 is 0 Å². The monoisotopic (exact) mass is 308 g/mol. The van der Waals surface area contributed by atoms with Crippen molar-refractivity contribution in [2.24, 2.45) is 0 Å². The van der Waals surface area contributed by atoms with Gasteiger partial charge >= 0.3 is 15.6 Å². The molecule has 0 aromatic heterocycles. The van der Waals surface area contributed by atoms with Gasteiger partial charge in [-0.3, -0.25) is 0 Å². The van der Waals surface area contributed by atoms with E-state index < -0.39 is 15.6 Å². The second-order valence-corrected chi connectivity index (χ2v) is 5.50. The molecule has 0 amide bonds. The molecule has 0 spiro atoms. The van der Waals surface area contributed by atoms with Crippen molar-refractivity contribution in [2.75, 3.05) is 0 Å². The predicted octanol–water partition coefficient (Wildman–Crippen LogP) is 4.08. The van der Waals surface area contributed by atoms with Crippen LogP contribution >= 0.6 is 0 Å². The van der Waals surface area contributed by atoms with Crippen LogP contribution in [-0.4, -0.2) is 13.9 Å². The Labute approximate surface area is 116 Å². The molecule has 7 heteroatoms. The fourth-order valence-corrected chi connectivity index (χ4v) is 2.28. The van der Waals surface area contributed by atoms with E-state index in [9.17, 15) is 21.6 Å². The average Bonchev–Trinajstić information content (AvgIpc) is 2.38. The van der Waals surface area contributed by atoms with Gasteiger partial charge in [0.05, 0.1) is 0 Å². The molecule has 0 fully saturated rings. The lowest BCUT2D eigenvalue weighted by Crippen LogP contribution is -2.25. The van der Waals surface area contributed by atoms with E-state index in [1.165, 1.54) is 0 Å². The zero-order chi connectivity index (χ0) is 15.4. The molecular weight excluding hydrogens is 293 g/mol. The van der Waals surface area contributed by atoms with Gasteiger partial charge in [-0.25, -0.2) is 0 Å². The summed E-state index contributed by atoms with van der Waals surface area (Å²) in [6.45, 7) is 3.27. The fraction of sp³-hybridized carbons (Fsp3) is 0.385. The van der Waals surface area contributed by atoms with Crippen molar-refractivity contribution in [1.29, 1.82) is 0 Å². The van der Waals surface area contributed by atoms with Crippen LogP contribution in [0, 0.1) is 0 Å². The summed E-state index contributed by atoms with van der Waals surface area (Å²) in [5.74, 6) is -0.184. The van der Waals surface area contributed by atoms with Gasteiger partial charge in [-0.1, -0.05) is 44.2 Å². The summed E-state index contributed by atoms with van der Waals surface area (Å²) in [5, 5.41) is 0. The second-order valence-electron chi connectivity index (χ2n) is 3.96. The molecule has 20 heavy (non-hydrogen) atoms. The van der Waals surface area contributed by atoms with Gasteiger partial charge in [0.25, 0.3) is 0 Å². The van der Waals surface area contributed by atoms with E-state index in [0.717, 1.165) is 0 Å². The van der Waals surface area contributed by atoms with Crippen molar-refractivity contribution in [2.45, 2.75) is 32.2 Å². The maximum absolute atomic E-state index is 12.4. The predicted molar refractivity (Wildman–Crippen MR) is 70.0 cm³/mol. The molecule has 0 heterocycles. The van der Waals surface area contributed by atoms with Crippen LogP contribution in [0.25, 0.3) is 5.57 Å². The molecule has 1 aromatic rings. The van der Waals surface area contributed by atoms with Crippen molar-refractivity contribution in [3.63, 3.8) is 0 Å². The lowest BCUT2D eigenvalue weighted by molar-refractivity contribution is -0.0522. The van der Waals surface area contributed by atoms with Crippen LogP contribution in [0.15, 0.2) is 36.1 Å². The van der Waals surface area contributed by atoms with Crippen molar-refractivity contribution < 1.29 is 25.8 Å². The van der Waals surface area contributed by atoms with Crippen molar-refractivity contribution in [1.82, 2.24) is 0 Å². The van der Waals surface area contributed by atoms with Crippen LogP contribution in [0.4, 0.5) is 13.2 Å². The van der Waals surface area contributed by atoms with Gasteiger partial charge in [0.2, 0.25) is 0 Å². The molecular formula is C13H15F3O3S. The van der Waals surface area contributed by atoms with Crippen LogP contribution in [0.5, 0.6) is 0 Å². The Hall–Kier alpha value is -1.50. The summed E-state index contributed by atoms with van der Waals surface area (Å²) in [6, 6.07) is 8.58. The molecule has 1 rings (SSSR count). The third-order valence-corrected chi connectivity index (χ3v) is 3.61. The molecule has 112 valence electrons. The average molecular weight is 308 g/mol. The van der Waals surface area contributed by atoms with Crippen LogP contribution in [0.2, 0.25) is 0 Å². The molecule has 0 saturated heterocycles. The van der Waals surface area contributed by atoms with Crippen LogP contribution in [-0.2, 0) is 14.3 Å². The fourth-order valence-electron chi connectivity index (χ4n) is 1.70. The summed E-state index contributed by atoms with van der Waals surface area (Å²) in [6.07, 6.45) is 0.411. The molecule has 0 aliphatic rings. The lowest BCUT2D eigenvalue weighted by atomic mass is 10.0. The van der Waals surface area contributed by atoms with Crippen LogP contribution in [0.3, 0.4) is 0 Å². The summed E-state index contributed by atoms with van der Waals surface area (Å²) in [7, 11) is -5.63.